The van der Waals surface area contributed by atoms with Crippen LogP contribution in [0.5, 0.6) is 0 Å². The number of furan rings is 1. The standard InChI is InChI=1S/C17H28N2O2/c1-12-13(2)21-14(3)16(12)17(20)19-11-10-18-15-8-6-4-5-7-9-15/h15,18H,4-11H2,1-3H3,(H,19,20). The van der Waals surface area contributed by atoms with E-state index >= 15 is 0 Å². The van der Waals surface area contributed by atoms with Crippen molar-refractivity contribution >= 4 is 5.91 Å². The Kier molecular flexibility index (Phi) is 5.85. The van der Waals surface area contributed by atoms with Crippen molar-refractivity contribution in [2.75, 3.05) is 13.1 Å². The highest BCUT2D eigenvalue weighted by molar-refractivity contribution is 5.96. The summed E-state index contributed by atoms with van der Waals surface area (Å²) in [5, 5.41) is 6.55. The smallest absolute Gasteiger partial charge is 0.255 e. The highest BCUT2D eigenvalue weighted by Gasteiger charge is 2.18. The molecule has 0 bridgehead atoms. The molecule has 118 valence electrons. The molecule has 0 aliphatic heterocycles. The van der Waals surface area contributed by atoms with E-state index in [1.54, 1.807) is 0 Å². The average Bonchev–Trinajstić information content (AvgIpc) is 2.64. The Labute approximate surface area is 127 Å². The van der Waals surface area contributed by atoms with E-state index in [1.807, 2.05) is 20.8 Å². The predicted molar refractivity (Wildman–Crippen MR) is 84.7 cm³/mol. The highest BCUT2D eigenvalue weighted by Crippen LogP contribution is 2.20. The first-order valence-corrected chi connectivity index (χ1v) is 8.17. The van der Waals surface area contributed by atoms with Gasteiger partial charge in [-0.2, -0.15) is 0 Å². The Morgan fingerprint density at radius 1 is 1.05 bits per heavy atom. The van der Waals surface area contributed by atoms with Crippen LogP contribution in [-0.4, -0.2) is 25.0 Å². The number of carbonyl (C=O) groups is 1. The first-order chi connectivity index (χ1) is 10.1. The molecule has 1 aliphatic carbocycles. The second kappa shape index (κ2) is 7.64. The molecule has 21 heavy (non-hydrogen) atoms. The average molecular weight is 292 g/mol. The largest absolute Gasteiger partial charge is 0.466 e. The minimum Gasteiger partial charge on any atom is -0.466 e. The molecule has 1 saturated carbocycles. The molecule has 4 heteroatoms. The van der Waals surface area contributed by atoms with Gasteiger partial charge in [0.15, 0.2) is 0 Å². The summed E-state index contributed by atoms with van der Waals surface area (Å²) in [5.74, 6) is 1.51. The maximum absolute atomic E-state index is 12.2. The van der Waals surface area contributed by atoms with Gasteiger partial charge in [0.1, 0.15) is 11.5 Å². The van der Waals surface area contributed by atoms with Gasteiger partial charge < -0.3 is 15.1 Å². The fourth-order valence-electron chi connectivity index (χ4n) is 3.15. The Bertz CT molecular complexity index is 471. The molecule has 1 aromatic rings. The first kappa shape index (κ1) is 16.1. The van der Waals surface area contributed by atoms with Crippen molar-refractivity contribution in [3.63, 3.8) is 0 Å². The van der Waals surface area contributed by atoms with Crippen molar-refractivity contribution in [1.82, 2.24) is 10.6 Å². The molecule has 1 aromatic heterocycles. The number of rotatable bonds is 5. The number of hydrogen-bond donors (Lipinski definition) is 2. The van der Waals surface area contributed by atoms with E-state index in [0.29, 0.717) is 23.9 Å². The van der Waals surface area contributed by atoms with E-state index in [2.05, 4.69) is 10.6 Å². The Morgan fingerprint density at radius 3 is 2.29 bits per heavy atom. The summed E-state index contributed by atoms with van der Waals surface area (Å²) in [6, 6.07) is 0.629. The van der Waals surface area contributed by atoms with Gasteiger partial charge in [-0.3, -0.25) is 4.79 Å². The van der Waals surface area contributed by atoms with Crippen LogP contribution in [0.1, 0.15) is 66.0 Å². The number of hydrogen-bond acceptors (Lipinski definition) is 3. The number of amides is 1. The van der Waals surface area contributed by atoms with E-state index in [0.717, 1.165) is 17.9 Å². The van der Waals surface area contributed by atoms with Crippen LogP contribution in [0.3, 0.4) is 0 Å². The van der Waals surface area contributed by atoms with Crippen LogP contribution in [-0.2, 0) is 0 Å². The topological polar surface area (TPSA) is 54.3 Å². The van der Waals surface area contributed by atoms with Gasteiger partial charge in [0.05, 0.1) is 5.56 Å². The summed E-state index contributed by atoms with van der Waals surface area (Å²) in [6.07, 6.45) is 7.94. The Hall–Kier alpha value is -1.29. The van der Waals surface area contributed by atoms with Crippen molar-refractivity contribution < 1.29 is 9.21 Å². The van der Waals surface area contributed by atoms with Crippen LogP contribution in [0.4, 0.5) is 0 Å². The van der Waals surface area contributed by atoms with E-state index < -0.39 is 0 Å². The van der Waals surface area contributed by atoms with Gasteiger partial charge in [-0.15, -0.1) is 0 Å². The van der Waals surface area contributed by atoms with Gasteiger partial charge in [-0.25, -0.2) is 0 Å². The summed E-state index contributed by atoms with van der Waals surface area (Å²) in [5.41, 5.74) is 1.64. The van der Waals surface area contributed by atoms with Gasteiger partial charge in [0.2, 0.25) is 0 Å². The molecule has 0 unspecified atom stereocenters. The van der Waals surface area contributed by atoms with Crippen LogP contribution < -0.4 is 10.6 Å². The van der Waals surface area contributed by atoms with E-state index in [9.17, 15) is 4.79 Å². The third-order valence-corrected chi connectivity index (χ3v) is 4.49. The quantitative estimate of drug-likeness (QED) is 0.647. The van der Waals surface area contributed by atoms with Crippen LogP contribution in [0, 0.1) is 20.8 Å². The number of carbonyl (C=O) groups excluding carboxylic acids is 1. The van der Waals surface area contributed by atoms with Gasteiger partial charge in [-0.05, 0) is 33.6 Å². The first-order valence-electron chi connectivity index (χ1n) is 8.17. The highest BCUT2D eigenvalue weighted by atomic mass is 16.3. The molecule has 1 aliphatic rings. The lowest BCUT2D eigenvalue weighted by molar-refractivity contribution is 0.0951. The fourth-order valence-corrected chi connectivity index (χ4v) is 3.15. The second-order valence-electron chi connectivity index (χ2n) is 6.11. The molecule has 4 nitrogen and oxygen atoms in total. The zero-order chi connectivity index (χ0) is 15.2. The summed E-state index contributed by atoms with van der Waals surface area (Å²) >= 11 is 0. The van der Waals surface area contributed by atoms with Crippen LogP contribution in [0.25, 0.3) is 0 Å². The summed E-state index contributed by atoms with van der Waals surface area (Å²) in [6.45, 7) is 7.18. The lowest BCUT2D eigenvalue weighted by Crippen LogP contribution is -2.37. The van der Waals surface area contributed by atoms with Gasteiger partial charge in [-0.1, -0.05) is 25.7 Å². The molecule has 1 heterocycles. The minimum absolute atomic E-state index is 0.0236. The minimum atomic E-state index is -0.0236. The lowest BCUT2D eigenvalue weighted by Gasteiger charge is -2.16. The van der Waals surface area contributed by atoms with Crippen molar-refractivity contribution in [3.8, 4) is 0 Å². The third-order valence-electron chi connectivity index (χ3n) is 4.49. The molecule has 0 aromatic carbocycles. The zero-order valence-electron chi connectivity index (χ0n) is 13.6. The summed E-state index contributed by atoms with van der Waals surface area (Å²) < 4.78 is 5.51. The van der Waals surface area contributed by atoms with E-state index in [-0.39, 0.29) is 5.91 Å². The predicted octanol–water partition coefficient (Wildman–Crippen LogP) is 3.25. The van der Waals surface area contributed by atoms with E-state index in [4.69, 9.17) is 4.42 Å². The lowest BCUT2D eigenvalue weighted by atomic mass is 10.1. The zero-order valence-corrected chi connectivity index (χ0v) is 13.6. The summed E-state index contributed by atoms with van der Waals surface area (Å²) in [7, 11) is 0. The normalized spacial score (nSPS) is 16.7. The fraction of sp³-hybridized carbons (Fsp3) is 0.706. The molecular weight excluding hydrogens is 264 g/mol. The van der Waals surface area contributed by atoms with Gasteiger partial charge in [0, 0.05) is 24.7 Å². The van der Waals surface area contributed by atoms with Crippen molar-refractivity contribution in [3.05, 3.63) is 22.6 Å². The molecule has 0 radical (unpaired) electrons. The monoisotopic (exact) mass is 292 g/mol. The molecular formula is C17H28N2O2. The van der Waals surface area contributed by atoms with Gasteiger partial charge in [0.25, 0.3) is 5.91 Å². The number of nitrogens with one attached hydrogen (secondary N) is 2. The van der Waals surface area contributed by atoms with Crippen LogP contribution in [0.2, 0.25) is 0 Å². The maximum atomic E-state index is 12.2. The number of aryl methyl sites for hydroxylation is 2. The van der Waals surface area contributed by atoms with E-state index in [1.165, 1.54) is 38.5 Å². The van der Waals surface area contributed by atoms with Gasteiger partial charge >= 0.3 is 0 Å². The molecule has 0 spiro atoms. The SMILES string of the molecule is Cc1oc(C)c(C(=O)NCCNC2CCCCCC2)c1C. The van der Waals surface area contributed by atoms with Crippen molar-refractivity contribution in [2.24, 2.45) is 0 Å². The molecule has 0 atom stereocenters. The maximum Gasteiger partial charge on any atom is 0.255 e. The van der Waals surface area contributed by atoms with Crippen molar-refractivity contribution in [2.45, 2.75) is 65.3 Å². The Balaban J connectivity index is 1.74. The molecule has 0 saturated heterocycles. The molecule has 1 fully saturated rings. The van der Waals surface area contributed by atoms with Crippen molar-refractivity contribution in [1.29, 1.82) is 0 Å². The summed E-state index contributed by atoms with van der Waals surface area (Å²) in [4.78, 5) is 12.2. The third kappa shape index (κ3) is 4.34. The molecule has 1 amide bonds. The van der Waals surface area contributed by atoms with Crippen LogP contribution in [0.15, 0.2) is 4.42 Å². The molecule has 2 rings (SSSR count). The van der Waals surface area contributed by atoms with Crippen LogP contribution >= 0.6 is 0 Å². The molecule has 2 N–H and O–H groups in total. The Morgan fingerprint density at radius 2 is 1.71 bits per heavy atom. The second-order valence-corrected chi connectivity index (χ2v) is 6.11.